The molecule has 0 saturated heterocycles. The Hall–Kier alpha value is -5.04. The second-order valence-corrected chi connectivity index (χ2v) is 9.21. The number of benzene rings is 2. The number of anilines is 1. The molecule has 0 radical (unpaired) electrons. The van der Waals surface area contributed by atoms with Crippen LogP contribution in [0, 0.1) is 0 Å². The van der Waals surface area contributed by atoms with Crippen molar-refractivity contribution in [3.8, 4) is 5.88 Å². The standard InChI is InChI=1S/C28H29N7O6/c1-19(36)22-5-3-21(4-6-22)13-26(38)15-35-17-28(31-33-35)41-12-11-40-18-25-14-34(32-30-25)16-27(39)29-24-9-7-23(8-10-24)20(2)37/h3-10,14,17H,11-13,15-16,18H2,1-2H3,(H,29,39). The number of ketones is 3. The van der Waals surface area contributed by atoms with Gasteiger partial charge in [0.2, 0.25) is 5.91 Å². The Morgan fingerprint density at radius 1 is 0.780 bits per heavy atom. The van der Waals surface area contributed by atoms with Crippen LogP contribution in [-0.2, 0) is 40.4 Å². The number of ether oxygens (including phenoxy) is 2. The summed E-state index contributed by atoms with van der Waals surface area (Å²) < 4.78 is 13.9. The van der Waals surface area contributed by atoms with E-state index in [2.05, 4.69) is 25.9 Å². The van der Waals surface area contributed by atoms with Crippen LogP contribution in [0.15, 0.2) is 60.9 Å². The first-order valence-corrected chi connectivity index (χ1v) is 12.8. The van der Waals surface area contributed by atoms with Gasteiger partial charge < -0.3 is 14.8 Å². The summed E-state index contributed by atoms with van der Waals surface area (Å²) in [5.41, 5.74) is 3.11. The van der Waals surface area contributed by atoms with Crippen LogP contribution in [0.3, 0.4) is 0 Å². The molecule has 0 aliphatic carbocycles. The van der Waals surface area contributed by atoms with Gasteiger partial charge in [-0.3, -0.25) is 19.2 Å². The van der Waals surface area contributed by atoms with Crippen LogP contribution in [0.1, 0.15) is 45.8 Å². The summed E-state index contributed by atoms with van der Waals surface area (Å²) in [6, 6.07) is 13.6. The molecule has 0 bridgehead atoms. The molecule has 1 N–H and O–H groups in total. The molecular formula is C28H29N7O6. The Morgan fingerprint density at radius 3 is 2.10 bits per heavy atom. The number of rotatable bonds is 15. The first-order valence-electron chi connectivity index (χ1n) is 12.8. The Labute approximate surface area is 235 Å². The molecule has 0 fully saturated rings. The molecule has 212 valence electrons. The lowest BCUT2D eigenvalue weighted by molar-refractivity contribution is -0.119. The molecule has 0 atom stereocenters. The van der Waals surface area contributed by atoms with Crippen molar-refractivity contribution in [2.75, 3.05) is 18.5 Å². The van der Waals surface area contributed by atoms with Crippen molar-refractivity contribution in [3.63, 3.8) is 0 Å². The highest BCUT2D eigenvalue weighted by Gasteiger charge is 2.10. The van der Waals surface area contributed by atoms with Gasteiger partial charge in [-0.1, -0.05) is 39.8 Å². The van der Waals surface area contributed by atoms with Crippen LogP contribution in [0.4, 0.5) is 5.69 Å². The largest absolute Gasteiger partial charge is 0.473 e. The van der Waals surface area contributed by atoms with Gasteiger partial charge in [0, 0.05) is 23.2 Å². The van der Waals surface area contributed by atoms with E-state index in [1.165, 1.54) is 29.4 Å². The highest BCUT2D eigenvalue weighted by molar-refractivity contribution is 5.95. The topological polar surface area (TPSA) is 160 Å². The molecule has 0 spiro atoms. The number of aromatic nitrogens is 6. The van der Waals surface area contributed by atoms with Crippen molar-refractivity contribution in [2.24, 2.45) is 0 Å². The van der Waals surface area contributed by atoms with Gasteiger partial charge in [-0.2, -0.15) is 0 Å². The van der Waals surface area contributed by atoms with Gasteiger partial charge in [-0.15, -0.1) is 5.10 Å². The molecule has 0 saturated carbocycles. The smallest absolute Gasteiger partial charge is 0.253 e. The summed E-state index contributed by atoms with van der Waals surface area (Å²) in [7, 11) is 0. The Bertz CT molecular complexity index is 1400. The van der Waals surface area contributed by atoms with Crippen LogP contribution in [0.2, 0.25) is 0 Å². The van der Waals surface area contributed by atoms with Gasteiger partial charge in [-0.05, 0) is 43.7 Å². The summed E-state index contributed by atoms with van der Waals surface area (Å²) in [5.74, 6) is -0.154. The molecule has 2 aromatic carbocycles. The number of hydrogen-bond donors (Lipinski definition) is 1. The zero-order valence-electron chi connectivity index (χ0n) is 22.6. The van der Waals surface area contributed by atoms with Crippen molar-refractivity contribution in [2.45, 2.75) is 40.0 Å². The van der Waals surface area contributed by atoms with Crippen molar-refractivity contribution in [1.82, 2.24) is 30.0 Å². The second kappa shape index (κ2) is 13.8. The third kappa shape index (κ3) is 9.00. The SMILES string of the molecule is CC(=O)c1ccc(CC(=O)Cn2cc(OCCOCc3cn(CC(=O)Nc4ccc(C(C)=O)cc4)nn3)nn2)cc1. The van der Waals surface area contributed by atoms with E-state index in [-0.39, 0.29) is 68.5 Å². The van der Waals surface area contributed by atoms with E-state index in [4.69, 9.17) is 9.47 Å². The summed E-state index contributed by atoms with van der Waals surface area (Å²) >= 11 is 0. The van der Waals surface area contributed by atoms with Gasteiger partial charge in [0.05, 0.1) is 25.6 Å². The van der Waals surface area contributed by atoms with Gasteiger partial charge >= 0.3 is 0 Å². The van der Waals surface area contributed by atoms with Crippen LogP contribution in [0.5, 0.6) is 5.88 Å². The fraction of sp³-hybridized carbons (Fsp3) is 0.286. The molecule has 1 amide bonds. The first-order chi connectivity index (χ1) is 19.7. The minimum Gasteiger partial charge on any atom is -0.473 e. The fourth-order valence-corrected chi connectivity index (χ4v) is 3.75. The molecule has 41 heavy (non-hydrogen) atoms. The second-order valence-electron chi connectivity index (χ2n) is 9.21. The van der Waals surface area contributed by atoms with E-state index in [0.29, 0.717) is 22.5 Å². The summed E-state index contributed by atoms with van der Waals surface area (Å²) in [5, 5.41) is 18.5. The molecule has 13 heteroatoms. The molecule has 0 aliphatic rings. The molecule has 0 aliphatic heterocycles. The minimum absolute atomic E-state index is 0.0236. The highest BCUT2D eigenvalue weighted by Crippen LogP contribution is 2.11. The third-order valence-corrected chi connectivity index (χ3v) is 5.81. The molecule has 4 aromatic rings. The lowest BCUT2D eigenvalue weighted by atomic mass is 10.1. The number of carbonyl (C=O) groups excluding carboxylic acids is 4. The van der Waals surface area contributed by atoms with E-state index in [0.717, 1.165) is 5.56 Å². The average molecular weight is 560 g/mol. The molecule has 0 unspecified atom stereocenters. The van der Waals surface area contributed by atoms with Crippen LogP contribution in [-0.4, -0.2) is 66.5 Å². The van der Waals surface area contributed by atoms with Crippen molar-refractivity contribution >= 4 is 28.9 Å². The molecule has 2 aromatic heterocycles. The number of nitrogens with zero attached hydrogens (tertiary/aromatic N) is 6. The minimum atomic E-state index is -0.288. The maximum Gasteiger partial charge on any atom is 0.253 e. The quantitative estimate of drug-likeness (QED) is 0.169. The van der Waals surface area contributed by atoms with E-state index in [1.807, 2.05) is 0 Å². The summed E-state index contributed by atoms with van der Waals surface area (Å²) in [4.78, 5) is 47.3. The van der Waals surface area contributed by atoms with E-state index in [1.54, 1.807) is 54.7 Å². The third-order valence-electron chi connectivity index (χ3n) is 5.81. The van der Waals surface area contributed by atoms with Crippen LogP contribution in [0.25, 0.3) is 0 Å². The van der Waals surface area contributed by atoms with Crippen molar-refractivity contribution in [3.05, 3.63) is 83.3 Å². The van der Waals surface area contributed by atoms with Gasteiger partial charge in [0.25, 0.3) is 5.88 Å². The number of nitrogens with one attached hydrogen (secondary N) is 1. The van der Waals surface area contributed by atoms with E-state index >= 15 is 0 Å². The van der Waals surface area contributed by atoms with Gasteiger partial charge in [0.1, 0.15) is 25.4 Å². The summed E-state index contributed by atoms with van der Waals surface area (Å²) in [6.07, 6.45) is 3.36. The lowest BCUT2D eigenvalue weighted by Crippen LogP contribution is -2.19. The molecule has 4 rings (SSSR count). The number of carbonyl (C=O) groups is 4. The van der Waals surface area contributed by atoms with Gasteiger partial charge in [0.15, 0.2) is 17.3 Å². The monoisotopic (exact) mass is 559 g/mol. The van der Waals surface area contributed by atoms with Crippen LogP contribution < -0.4 is 10.1 Å². The normalized spacial score (nSPS) is 10.8. The zero-order chi connectivity index (χ0) is 29.2. The van der Waals surface area contributed by atoms with E-state index in [9.17, 15) is 19.2 Å². The zero-order valence-corrected chi connectivity index (χ0v) is 22.6. The van der Waals surface area contributed by atoms with E-state index < -0.39 is 0 Å². The van der Waals surface area contributed by atoms with Gasteiger partial charge in [-0.25, -0.2) is 9.36 Å². The average Bonchev–Trinajstić information content (AvgIpc) is 3.58. The first kappa shape index (κ1) is 29.0. The van der Waals surface area contributed by atoms with Crippen molar-refractivity contribution in [1.29, 1.82) is 0 Å². The summed E-state index contributed by atoms with van der Waals surface area (Å²) in [6.45, 7) is 3.60. The predicted octanol–water partition coefficient (Wildman–Crippen LogP) is 2.32. The lowest BCUT2D eigenvalue weighted by Gasteiger charge is -2.05. The predicted molar refractivity (Wildman–Crippen MR) is 145 cm³/mol. The molecule has 13 nitrogen and oxygen atoms in total. The molecule has 2 heterocycles. The Balaban J connectivity index is 1.12. The molecular weight excluding hydrogens is 530 g/mol. The van der Waals surface area contributed by atoms with Crippen LogP contribution >= 0.6 is 0 Å². The Kier molecular flexibility index (Phi) is 9.78. The highest BCUT2D eigenvalue weighted by atomic mass is 16.5. The fourth-order valence-electron chi connectivity index (χ4n) is 3.75. The number of Topliss-reactive ketones (excluding diaryl/α,β-unsaturated/α-hetero) is 3. The number of amides is 1. The maximum atomic E-state index is 12.4. The maximum absolute atomic E-state index is 12.4. The Morgan fingerprint density at radius 2 is 1.41 bits per heavy atom. The number of hydrogen-bond acceptors (Lipinski definition) is 10. The van der Waals surface area contributed by atoms with Crippen molar-refractivity contribution < 1.29 is 28.7 Å².